The maximum absolute atomic E-state index is 9.97. The van der Waals surface area contributed by atoms with Crippen LogP contribution in [-0.2, 0) is 6.61 Å². The van der Waals surface area contributed by atoms with Gasteiger partial charge in [-0.15, -0.1) is 0 Å². The number of hydrogen-bond donors (Lipinski definition) is 3. The SMILES string of the molecule is Cc1c(CO)cccc1C(O)C(O)CCBr. The number of alkyl halides is 1. The second kappa shape index (κ2) is 6.35. The monoisotopic (exact) mass is 288 g/mol. The van der Waals surface area contributed by atoms with Gasteiger partial charge in [0.2, 0.25) is 0 Å². The first-order valence-electron chi connectivity index (χ1n) is 5.23. The minimum Gasteiger partial charge on any atom is -0.392 e. The lowest BCUT2D eigenvalue weighted by Gasteiger charge is -2.20. The van der Waals surface area contributed by atoms with Crippen molar-refractivity contribution in [2.75, 3.05) is 5.33 Å². The fourth-order valence-corrected chi connectivity index (χ4v) is 2.14. The van der Waals surface area contributed by atoms with Crippen molar-refractivity contribution in [3.8, 4) is 0 Å². The summed E-state index contributed by atoms with van der Waals surface area (Å²) in [5.41, 5.74) is 2.30. The molecule has 0 spiro atoms. The first kappa shape index (κ1) is 13.6. The molecule has 3 nitrogen and oxygen atoms in total. The van der Waals surface area contributed by atoms with Crippen molar-refractivity contribution in [2.45, 2.75) is 32.2 Å². The van der Waals surface area contributed by atoms with Gasteiger partial charge in [0.15, 0.2) is 0 Å². The molecular formula is C12H17BrO3. The second-order valence-corrected chi connectivity index (χ2v) is 4.57. The average molecular weight is 289 g/mol. The van der Waals surface area contributed by atoms with E-state index in [0.717, 1.165) is 11.1 Å². The number of hydrogen-bond acceptors (Lipinski definition) is 3. The minimum absolute atomic E-state index is 0.0546. The third-order valence-electron chi connectivity index (χ3n) is 2.75. The van der Waals surface area contributed by atoms with Crippen molar-refractivity contribution in [2.24, 2.45) is 0 Å². The van der Waals surface area contributed by atoms with Gasteiger partial charge < -0.3 is 15.3 Å². The quantitative estimate of drug-likeness (QED) is 0.723. The molecule has 90 valence electrons. The highest BCUT2D eigenvalue weighted by atomic mass is 79.9. The van der Waals surface area contributed by atoms with E-state index in [1.165, 1.54) is 0 Å². The number of rotatable bonds is 5. The van der Waals surface area contributed by atoms with Gasteiger partial charge in [0.25, 0.3) is 0 Å². The van der Waals surface area contributed by atoms with Crippen molar-refractivity contribution in [3.63, 3.8) is 0 Å². The van der Waals surface area contributed by atoms with Crippen LogP contribution in [0.2, 0.25) is 0 Å². The lowest BCUT2D eigenvalue weighted by molar-refractivity contribution is 0.0169. The number of aliphatic hydroxyl groups excluding tert-OH is 3. The molecule has 1 aromatic rings. The molecule has 0 bridgehead atoms. The minimum atomic E-state index is -0.899. The molecule has 0 aliphatic rings. The third-order valence-corrected chi connectivity index (χ3v) is 3.20. The summed E-state index contributed by atoms with van der Waals surface area (Å²) < 4.78 is 0. The van der Waals surface area contributed by atoms with Gasteiger partial charge >= 0.3 is 0 Å². The van der Waals surface area contributed by atoms with E-state index in [0.29, 0.717) is 17.3 Å². The Morgan fingerprint density at radius 3 is 2.56 bits per heavy atom. The lowest BCUT2D eigenvalue weighted by atomic mass is 9.95. The van der Waals surface area contributed by atoms with E-state index in [1.807, 2.05) is 13.0 Å². The van der Waals surface area contributed by atoms with E-state index >= 15 is 0 Å². The van der Waals surface area contributed by atoms with Gasteiger partial charge in [-0.25, -0.2) is 0 Å². The highest BCUT2D eigenvalue weighted by molar-refractivity contribution is 9.09. The van der Waals surface area contributed by atoms with E-state index in [4.69, 9.17) is 5.11 Å². The van der Waals surface area contributed by atoms with Crippen LogP contribution in [0.4, 0.5) is 0 Å². The Bertz CT molecular complexity index is 341. The van der Waals surface area contributed by atoms with E-state index < -0.39 is 12.2 Å². The van der Waals surface area contributed by atoms with Crippen LogP contribution in [-0.4, -0.2) is 26.8 Å². The molecule has 3 N–H and O–H groups in total. The van der Waals surface area contributed by atoms with E-state index in [9.17, 15) is 10.2 Å². The van der Waals surface area contributed by atoms with Crippen LogP contribution in [0.15, 0.2) is 18.2 Å². The zero-order valence-electron chi connectivity index (χ0n) is 9.23. The molecule has 0 saturated carbocycles. The van der Waals surface area contributed by atoms with Gasteiger partial charge in [0, 0.05) is 5.33 Å². The smallest absolute Gasteiger partial charge is 0.105 e. The standard InChI is InChI=1S/C12H17BrO3/c1-8-9(7-14)3-2-4-10(8)12(16)11(15)5-6-13/h2-4,11-12,14-16H,5-7H2,1H3. The molecule has 2 unspecified atom stereocenters. The normalized spacial score (nSPS) is 14.8. The van der Waals surface area contributed by atoms with Gasteiger partial charge in [-0.05, 0) is 30.0 Å². The van der Waals surface area contributed by atoms with Crippen LogP contribution in [0.5, 0.6) is 0 Å². The van der Waals surface area contributed by atoms with Crippen molar-refractivity contribution in [3.05, 3.63) is 34.9 Å². The molecule has 0 radical (unpaired) electrons. The maximum atomic E-state index is 9.97. The first-order chi connectivity index (χ1) is 7.61. The van der Waals surface area contributed by atoms with Crippen LogP contribution in [0.25, 0.3) is 0 Å². The van der Waals surface area contributed by atoms with Gasteiger partial charge in [0.1, 0.15) is 6.10 Å². The summed E-state index contributed by atoms with van der Waals surface area (Å²) in [5, 5.41) is 29.4. The Morgan fingerprint density at radius 1 is 1.31 bits per heavy atom. The molecule has 1 rings (SSSR count). The zero-order valence-corrected chi connectivity index (χ0v) is 10.8. The Hall–Kier alpha value is -0.420. The Morgan fingerprint density at radius 2 is 2.00 bits per heavy atom. The number of halogens is 1. The molecule has 0 heterocycles. The van der Waals surface area contributed by atoms with Crippen molar-refractivity contribution in [1.29, 1.82) is 0 Å². The first-order valence-corrected chi connectivity index (χ1v) is 6.35. The summed E-state index contributed by atoms with van der Waals surface area (Å²) in [6.07, 6.45) is -1.19. The molecule has 0 aliphatic carbocycles. The van der Waals surface area contributed by atoms with Gasteiger partial charge in [0.05, 0.1) is 12.7 Å². The maximum Gasteiger partial charge on any atom is 0.105 e. The third kappa shape index (κ3) is 3.04. The molecule has 0 aliphatic heterocycles. The van der Waals surface area contributed by atoms with Crippen LogP contribution >= 0.6 is 15.9 Å². The molecule has 0 aromatic heterocycles. The number of benzene rings is 1. The van der Waals surface area contributed by atoms with Crippen molar-refractivity contribution in [1.82, 2.24) is 0 Å². The molecule has 16 heavy (non-hydrogen) atoms. The Kier molecular flexibility index (Phi) is 5.41. The Labute approximate surface area is 104 Å². The topological polar surface area (TPSA) is 60.7 Å². The van der Waals surface area contributed by atoms with Crippen LogP contribution in [0, 0.1) is 6.92 Å². The van der Waals surface area contributed by atoms with E-state index in [2.05, 4.69) is 15.9 Å². The second-order valence-electron chi connectivity index (χ2n) is 3.78. The molecular weight excluding hydrogens is 272 g/mol. The van der Waals surface area contributed by atoms with Crippen molar-refractivity contribution < 1.29 is 15.3 Å². The van der Waals surface area contributed by atoms with Gasteiger partial charge in [-0.1, -0.05) is 34.1 Å². The highest BCUT2D eigenvalue weighted by Gasteiger charge is 2.20. The predicted octanol–water partition coefficient (Wildman–Crippen LogP) is 1.67. The molecule has 2 atom stereocenters. The predicted molar refractivity (Wildman–Crippen MR) is 66.5 cm³/mol. The summed E-state index contributed by atoms with van der Waals surface area (Å²) in [6.45, 7) is 1.78. The Balaban J connectivity index is 2.94. The fraction of sp³-hybridized carbons (Fsp3) is 0.500. The lowest BCUT2D eigenvalue weighted by Crippen LogP contribution is -2.19. The summed E-state index contributed by atoms with van der Waals surface area (Å²) in [6, 6.07) is 5.36. The molecule has 0 fully saturated rings. The van der Waals surface area contributed by atoms with Crippen LogP contribution < -0.4 is 0 Å². The summed E-state index contributed by atoms with van der Waals surface area (Å²) in [5.74, 6) is 0. The average Bonchev–Trinajstić information content (AvgIpc) is 2.29. The van der Waals surface area contributed by atoms with E-state index in [-0.39, 0.29) is 6.61 Å². The van der Waals surface area contributed by atoms with Gasteiger partial charge in [-0.3, -0.25) is 0 Å². The summed E-state index contributed by atoms with van der Waals surface area (Å²) in [7, 11) is 0. The fourth-order valence-electron chi connectivity index (χ4n) is 1.67. The van der Waals surface area contributed by atoms with E-state index in [1.54, 1.807) is 12.1 Å². The molecule has 4 heteroatoms. The van der Waals surface area contributed by atoms with Gasteiger partial charge in [-0.2, -0.15) is 0 Å². The molecule has 0 saturated heterocycles. The van der Waals surface area contributed by atoms with Crippen LogP contribution in [0.3, 0.4) is 0 Å². The number of aliphatic hydroxyl groups is 3. The van der Waals surface area contributed by atoms with Crippen molar-refractivity contribution >= 4 is 15.9 Å². The largest absolute Gasteiger partial charge is 0.392 e. The zero-order chi connectivity index (χ0) is 12.1. The summed E-state index contributed by atoms with van der Waals surface area (Å²) >= 11 is 3.23. The molecule has 1 aromatic carbocycles. The van der Waals surface area contributed by atoms with Crippen LogP contribution in [0.1, 0.15) is 29.2 Å². The summed E-state index contributed by atoms with van der Waals surface area (Å²) in [4.78, 5) is 0. The molecule has 0 amide bonds. The highest BCUT2D eigenvalue weighted by Crippen LogP contribution is 2.25.